The lowest BCUT2D eigenvalue weighted by molar-refractivity contribution is 0.0734. The van der Waals surface area contributed by atoms with Gasteiger partial charge < -0.3 is 5.11 Å². The first-order valence-corrected chi connectivity index (χ1v) is 11.1. The largest absolute Gasteiger partial charge is 0.384 e. The number of halogens is 1. The summed E-state index contributed by atoms with van der Waals surface area (Å²) in [5.41, 5.74) is 6.38. The van der Waals surface area contributed by atoms with Crippen molar-refractivity contribution in [2.45, 2.75) is 40.2 Å². The maximum atomic E-state index is 10.6. The molecule has 2 heterocycles. The van der Waals surface area contributed by atoms with Gasteiger partial charge in [-0.05, 0) is 87.2 Å². The second-order valence-corrected chi connectivity index (χ2v) is 9.74. The van der Waals surface area contributed by atoms with E-state index in [2.05, 4.69) is 45.0 Å². The minimum Gasteiger partial charge on any atom is -0.384 e. The van der Waals surface area contributed by atoms with E-state index in [9.17, 15) is 5.11 Å². The third kappa shape index (κ3) is 3.83. The molecular weight excluding hydrogens is 412 g/mol. The Morgan fingerprint density at radius 3 is 2.27 bits per heavy atom. The molecule has 0 spiro atoms. The lowest BCUT2D eigenvalue weighted by Gasteiger charge is -2.13. The number of thiophene rings is 1. The van der Waals surface area contributed by atoms with Crippen LogP contribution >= 0.6 is 22.9 Å². The van der Waals surface area contributed by atoms with Crippen molar-refractivity contribution >= 4 is 22.9 Å². The van der Waals surface area contributed by atoms with Crippen molar-refractivity contribution < 1.29 is 5.11 Å². The fraction of sp³-hybridized carbons (Fsp3) is 0.240. The second-order valence-electron chi connectivity index (χ2n) is 8.25. The summed E-state index contributed by atoms with van der Waals surface area (Å²) < 4.78 is 1.83. The Kier molecular flexibility index (Phi) is 5.35. The van der Waals surface area contributed by atoms with E-state index in [1.807, 2.05) is 35.0 Å². The molecule has 30 heavy (non-hydrogen) atoms. The first-order valence-electron chi connectivity index (χ1n) is 9.91. The minimum absolute atomic E-state index is 0.606. The summed E-state index contributed by atoms with van der Waals surface area (Å²) in [4.78, 5) is 2.29. The molecule has 0 aliphatic heterocycles. The molecule has 4 rings (SSSR count). The highest BCUT2D eigenvalue weighted by Crippen LogP contribution is 2.39. The van der Waals surface area contributed by atoms with Crippen LogP contribution in [-0.4, -0.2) is 14.9 Å². The molecule has 5 heteroatoms. The van der Waals surface area contributed by atoms with Gasteiger partial charge in [0.05, 0.1) is 27.0 Å². The van der Waals surface area contributed by atoms with E-state index < -0.39 is 5.60 Å². The fourth-order valence-electron chi connectivity index (χ4n) is 3.51. The summed E-state index contributed by atoms with van der Waals surface area (Å²) >= 11 is 8.20. The molecule has 0 saturated heterocycles. The fourth-order valence-corrected chi connectivity index (χ4v) is 4.81. The number of aliphatic hydroxyl groups is 1. The quantitative estimate of drug-likeness (QED) is 0.371. The molecule has 4 aromatic rings. The third-order valence-corrected chi connectivity index (χ3v) is 6.84. The van der Waals surface area contributed by atoms with Crippen molar-refractivity contribution in [3.8, 4) is 26.7 Å². The van der Waals surface area contributed by atoms with Crippen molar-refractivity contribution in [2.24, 2.45) is 0 Å². The molecule has 154 valence electrons. The standard InChI is InChI=1S/C25H25ClN2OS/c1-15-12-17(3)18(13-16(15)2)22-10-11-23(30-22)21-14-24(25(4,5)29)27-28(21)20-9-7-6-8-19(20)26/h6-14,29H,1-5H3. The van der Waals surface area contributed by atoms with Crippen LogP contribution in [0.2, 0.25) is 5.02 Å². The summed E-state index contributed by atoms with van der Waals surface area (Å²) in [7, 11) is 0. The van der Waals surface area contributed by atoms with Crippen LogP contribution in [0.5, 0.6) is 0 Å². The average Bonchev–Trinajstić information content (AvgIpc) is 3.32. The Morgan fingerprint density at radius 1 is 0.900 bits per heavy atom. The number of aromatic nitrogens is 2. The molecule has 2 aromatic carbocycles. The molecular formula is C25H25ClN2OS. The van der Waals surface area contributed by atoms with E-state index >= 15 is 0 Å². The lowest BCUT2D eigenvalue weighted by atomic mass is 10.00. The van der Waals surface area contributed by atoms with Gasteiger partial charge in [0.25, 0.3) is 0 Å². The summed E-state index contributed by atoms with van der Waals surface area (Å²) in [6, 6.07) is 18.4. The minimum atomic E-state index is -1.05. The Bertz CT molecular complexity index is 1230. The SMILES string of the molecule is Cc1cc(C)c(-c2ccc(-c3cc(C(C)(C)O)nn3-c3ccccc3Cl)s2)cc1C. The van der Waals surface area contributed by atoms with Crippen LogP contribution in [0.4, 0.5) is 0 Å². The van der Waals surface area contributed by atoms with E-state index in [1.54, 1.807) is 25.2 Å². The first-order chi connectivity index (χ1) is 14.1. The van der Waals surface area contributed by atoms with Gasteiger partial charge in [-0.15, -0.1) is 11.3 Å². The third-order valence-electron chi connectivity index (χ3n) is 5.38. The van der Waals surface area contributed by atoms with Gasteiger partial charge in [-0.25, -0.2) is 4.68 Å². The van der Waals surface area contributed by atoms with Crippen LogP contribution in [0.15, 0.2) is 54.6 Å². The van der Waals surface area contributed by atoms with Gasteiger partial charge >= 0.3 is 0 Å². The van der Waals surface area contributed by atoms with Gasteiger partial charge in [0.15, 0.2) is 0 Å². The summed E-state index contributed by atoms with van der Waals surface area (Å²) in [5.74, 6) is 0. The lowest BCUT2D eigenvalue weighted by Crippen LogP contribution is -2.16. The summed E-state index contributed by atoms with van der Waals surface area (Å²) in [5, 5.41) is 15.9. The van der Waals surface area contributed by atoms with Crippen molar-refractivity contribution in [1.82, 2.24) is 9.78 Å². The molecule has 2 aromatic heterocycles. The van der Waals surface area contributed by atoms with Crippen molar-refractivity contribution in [3.63, 3.8) is 0 Å². The molecule has 0 radical (unpaired) electrons. The highest BCUT2D eigenvalue weighted by atomic mass is 35.5. The monoisotopic (exact) mass is 436 g/mol. The number of para-hydroxylation sites is 1. The van der Waals surface area contributed by atoms with Crippen molar-refractivity contribution in [2.75, 3.05) is 0 Å². The number of aryl methyl sites for hydroxylation is 3. The Labute approximate surface area is 186 Å². The molecule has 0 fully saturated rings. The molecule has 3 nitrogen and oxygen atoms in total. The highest BCUT2D eigenvalue weighted by Gasteiger charge is 2.24. The number of hydrogen-bond acceptors (Lipinski definition) is 3. The Hall–Kier alpha value is -2.40. The number of rotatable bonds is 4. The predicted octanol–water partition coefficient (Wildman–Crippen LogP) is 7.07. The molecule has 0 saturated carbocycles. The van der Waals surface area contributed by atoms with Gasteiger partial charge in [-0.2, -0.15) is 5.10 Å². The summed E-state index contributed by atoms with van der Waals surface area (Å²) in [6.07, 6.45) is 0. The Balaban J connectivity index is 1.87. The van der Waals surface area contributed by atoms with Gasteiger partial charge in [-0.3, -0.25) is 0 Å². The number of hydrogen-bond donors (Lipinski definition) is 1. The zero-order valence-electron chi connectivity index (χ0n) is 17.8. The zero-order chi connectivity index (χ0) is 21.6. The predicted molar refractivity (Wildman–Crippen MR) is 127 cm³/mol. The van der Waals surface area contributed by atoms with Crippen molar-refractivity contribution in [1.29, 1.82) is 0 Å². The van der Waals surface area contributed by atoms with Gasteiger partial charge in [0.2, 0.25) is 0 Å². The normalized spacial score (nSPS) is 11.8. The molecule has 0 unspecified atom stereocenters. The average molecular weight is 437 g/mol. The van der Waals surface area contributed by atoms with Crippen molar-refractivity contribution in [3.05, 3.63) is 82.0 Å². The molecule has 1 N–H and O–H groups in total. The van der Waals surface area contributed by atoms with Gasteiger partial charge in [0.1, 0.15) is 5.60 Å². The van der Waals surface area contributed by atoms with E-state index in [0.717, 1.165) is 16.3 Å². The Morgan fingerprint density at radius 2 is 1.57 bits per heavy atom. The van der Waals surface area contributed by atoms with Crippen LogP contribution in [0.3, 0.4) is 0 Å². The van der Waals surface area contributed by atoms with Crippen LogP contribution in [0.1, 0.15) is 36.2 Å². The van der Waals surface area contributed by atoms with Crippen LogP contribution in [0, 0.1) is 20.8 Å². The number of benzene rings is 2. The molecule has 0 atom stereocenters. The zero-order valence-corrected chi connectivity index (χ0v) is 19.4. The highest BCUT2D eigenvalue weighted by molar-refractivity contribution is 7.18. The van der Waals surface area contributed by atoms with Gasteiger partial charge in [0, 0.05) is 4.88 Å². The smallest absolute Gasteiger partial charge is 0.103 e. The molecule has 0 aliphatic rings. The molecule has 0 amide bonds. The summed E-state index contributed by atoms with van der Waals surface area (Å²) in [6.45, 7) is 9.94. The number of nitrogens with zero attached hydrogens (tertiary/aromatic N) is 2. The van der Waals surface area contributed by atoms with Crippen LogP contribution in [-0.2, 0) is 5.60 Å². The van der Waals surface area contributed by atoms with E-state index in [4.69, 9.17) is 16.7 Å². The topological polar surface area (TPSA) is 38.1 Å². The van der Waals surface area contributed by atoms with Gasteiger partial charge in [-0.1, -0.05) is 35.9 Å². The molecule has 0 aliphatic carbocycles. The molecule has 0 bridgehead atoms. The van der Waals surface area contributed by atoms with E-state index in [0.29, 0.717) is 10.7 Å². The van der Waals surface area contributed by atoms with Crippen LogP contribution < -0.4 is 0 Å². The second kappa shape index (κ2) is 7.69. The van der Waals surface area contributed by atoms with E-state index in [1.165, 1.54) is 27.1 Å². The van der Waals surface area contributed by atoms with E-state index in [-0.39, 0.29) is 0 Å². The maximum absolute atomic E-state index is 10.6. The first kappa shape index (κ1) is 20.9. The maximum Gasteiger partial charge on any atom is 0.103 e. The van der Waals surface area contributed by atoms with Crippen LogP contribution in [0.25, 0.3) is 26.7 Å².